The molecule has 0 aromatic heterocycles. The first-order valence-corrected chi connectivity index (χ1v) is 6.22. The first kappa shape index (κ1) is 29.2. The van der Waals surface area contributed by atoms with Gasteiger partial charge in [0.1, 0.15) is 0 Å². The van der Waals surface area contributed by atoms with Crippen LogP contribution < -0.4 is 0 Å². The van der Waals surface area contributed by atoms with Gasteiger partial charge in [-0.1, -0.05) is 19.6 Å². The van der Waals surface area contributed by atoms with Crippen LogP contribution in [0.5, 0.6) is 0 Å². The molecular weight excluding hydrogens is 278 g/mol. The van der Waals surface area contributed by atoms with Gasteiger partial charge in [-0.05, 0) is 0 Å². The Morgan fingerprint density at radius 2 is 1.46 bits per heavy atom. The van der Waals surface area contributed by atoms with Gasteiger partial charge in [-0.3, -0.25) is 6.08 Å². The van der Waals surface area contributed by atoms with Crippen molar-refractivity contribution in [3.8, 4) is 0 Å². The molecule has 0 N–H and O–H groups in total. The van der Waals surface area contributed by atoms with Gasteiger partial charge in [0, 0.05) is 30.5 Å². The Bertz CT molecular complexity index is 103. The molecule has 0 aliphatic heterocycles. The summed E-state index contributed by atoms with van der Waals surface area (Å²) in [5, 5.41) is 0. The Morgan fingerprint density at radius 3 is 1.54 bits per heavy atom. The van der Waals surface area contributed by atoms with Crippen LogP contribution in [0.25, 0.3) is 0 Å². The summed E-state index contributed by atoms with van der Waals surface area (Å²) in [5.74, 6) is 0. The van der Waals surface area contributed by atoms with Gasteiger partial charge in [0.2, 0.25) is 0 Å². The molecule has 0 bridgehead atoms. The first-order chi connectivity index (χ1) is 4.23. The zero-order valence-electron chi connectivity index (χ0n) is 8.16. The smallest absolute Gasteiger partial charge is 0.0379 e. The van der Waals surface area contributed by atoms with Gasteiger partial charge in [0.05, 0.1) is 0 Å². The molecule has 0 nitrogen and oxygen atoms in total. The number of rotatable bonds is 0. The minimum Gasteiger partial charge on any atom is -0.273 e. The predicted octanol–water partition coefficient (Wildman–Crippen LogP) is 3.94. The van der Waals surface area contributed by atoms with Crippen molar-refractivity contribution in [1.29, 1.82) is 0 Å². The van der Waals surface area contributed by atoms with Crippen molar-refractivity contribution in [2.75, 3.05) is 0 Å². The minimum atomic E-state index is 0. The van der Waals surface area contributed by atoms with Crippen LogP contribution in [0.1, 0.15) is 6.42 Å². The van der Waals surface area contributed by atoms with E-state index in [0.717, 1.165) is 6.42 Å². The molecule has 79 valence electrons. The second kappa shape index (κ2) is 23.3. The summed E-state index contributed by atoms with van der Waals surface area (Å²) in [4.78, 5) is 0. The molecule has 0 heterocycles. The van der Waals surface area contributed by atoms with Crippen molar-refractivity contribution in [3.05, 3.63) is 24.3 Å². The molecule has 1 aliphatic rings. The van der Waals surface area contributed by atoms with E-state index in [0.29, 0.717) is 0 Å². The summed E-state index contributed by atoms with van der Waals surface area (Å²) in [7, 11) is 0.120. The number of hydrogen-bond donors (Lipinski definition) is 0. The Balaban J connectivity index is -0.0000000256. The molecule has 0 saturated carbocycles. The monoisotopic (exact) mass is 294 g/mol. The molecule has 0 saturated heterocycles. The summed E-state index contributed by atoms with van der Waals surface area (Å²) in [6.07, 6.45) is 10.0. The molecule has 0 amide bonds. The predicted molar refractivity (Wildman–Crippen MR) is 66.7 cm³/mol. The minimum absolute atomic E-state index is 0. The standard InChI is InChI=1S/C5H5.C3H9Si.3ClH.Ti/c1-2-4-5-3-1;1-4(2)3;;;;/h1-3H,4H2;1-3H3;3*1H;/q-1;;;;;. The molecule has 0 aromatic rings. The van der Waals surface area contributed by atoms with Crippen LogP contribution >= 0.6 is 37.2 Å². The Labute approximate surface area is 117 Å². The van der Waals surface area contributed by atoms with Gasteiger partial charge >= 0.3 is 0 Å². The number of halogens is 3. The molecule has 0 fully saturated rings. The van der Waals surface area contributed by atoms with Gasteiger partial charge in [0.25, 0.3) is 0 Å². The third kappa shape index (κ3) is 42.8. The Kier molecular flexibility index (Phi) is 52.3. The molecule has 1 rings (SSSR count). The van der Waals surface area contributed by atoms with Crippen molar-refractivity contribution in [2.24, 2.45) is 0 Å². The molecule has 0 aromatic carbocycles. The van der Waals surface area contributed by atoms with Crippen LogP contribution in [0.4, 0.5) is 0 Å². The topological polar surface area (TPSA) is 0 Å². The Hall–Kier alpha value is 1.28. The van der Waals surface area contributed by atoms with E-state index < -0.39 is 0 Å². The van der Waals surface area contributed by atoms with Crippen molar-refractivity contribution in [1.82, 2.24) is 0 Å². The second-order valence-electron chi connectivity index (χ2n) is 2.50. The number of hydrogen-bond acceptors (Lipinski definition) is 0. The zero-order valence-corrected chi connectivity index (χ0v) is 13.2. The fourth-order valence-electron chi connectivity index (χ4n) is 0.340. The van der Waals surface area contributed by atoms with E-state index in [2.05, 4.69) is 31.8 Å². The van der Waals surface area contributed by atoms with Crippen molar-refractivity contribution in [2.45, 2.75) is 26.1 Å². The van der Waals surface area contributed by atoms with Crippen LogP contribution in [-0.4, -0.2) is 8.80 Å². The summed E-state index contributed by atoms with van der Waals surface area (Å²) >= 11 is 0. The maximum absolute atomic E-state index is 2.99. The van der Waals surface area contributed by atoms with Gasteiger partial charge in [-0.25, -0.2) is 12.2 Å². The quantitative estimate of drug-likeness (QED) is 0.469. The summed E-state index contributed by atoms with van der Waals surface area (Å²) in [6.45, 7) is 6.81. The summed E-state index contributed by atoms with van der Waals surface area (Å²) in [6, 6.07) is 0. The third-order valence-corrected chi connectivity index (χ3v) is 0.586. The molecule has 0 unspecified atom stereocenters. The molecular formula is C8H17Cl3SiTi-. The normalized spacial score (nSPS) is 9.54. The molecule has 13 heavy (non-hydrogen) atoms. The zero-order chi connectivity index (χ0) is 7.11. The van der Waals surface area contributed by atoms with Crippen LogP contribution in [0.15, 0.2) is 18.2 Å². The van der Waals surface area contributed by atoms with Crippen molar-refractivity contribution < 1.29 is 21.7 Å². The number of allylic oxidation sites excluding steroid dienone is 4. The van der Waals surface area contributed by atoms with Crippen LogP contribution in [0, 0.1) is 6.08 Å². The van der Waals surface area contributed by atoms with E-state index >= 15 is 0 Å². The van der Waals surface area contributed by atoms with Crippen molar-refractivity contribution >= 4 is 46.0 Å². The average Bonchev–Trinajstić information content (AvgIpc) is 2.11. The molecule has 1 radical (unpaired) electrons. The second-order valence-corrected chi connectivity index (χ2v) is 5.50. The summed E-state index contributed by atoms with van der Waals surface area (Å²) < 4.78 is 0. The molecule has 1 aliphatic carbocycles. The van der Waals surface area contributed by atoms with Gasteiger partial charge in [-0.15, -0.1) is 43.6 Å². The van der Waals surface area contributed by atoms with Crippen molar-refractivity contribution in [3.63, 3.8) is 0 Å². The fourth-order valence-corrected chi connectivity index (χ4v) is 0.340. The van der Waals surface area contributed by atoms with Gasteiger partial charge < -0.3 is 0 Å². The first-order valence-electron chi connectivity index (χ1n) is 3.22. The fraction of sp³-hybridized carbons (Fsp3) is 0.500. The van der Waals surface area contributed by atoms with E-state index in [-0.39, 0.29) is 67.7 Å². The molecule has 0 spiro atoms. The third-order valence-electron chi connectivity index (χ3n) is 0.586. The maximum Gasteiger partial charge on any atom is 0.0379 e. The Morgan fingerprint density at radius 1 is 1.08 bits per heavy atom. The van der Waals surface area contributed by atoms with Gasteiger partial charge in [0.15, 0.2) is 0 Å². The molecule has 5 heteroatoms. The van der Waals surface area contributed by atoms with Crippen LogP contribution in [-0.2, 0) is 21.7 Å². The van der Waals surface area contributed by atoms with Crippen LogP contribution in [0.2, 0.25) is 19.6 Å². The van der Waals surface area contributed by atoms with Crippen LogP contribution in [0.3, 0.4) is 0 Å². The van der Waals surface area contributed by atoms with E-state index in [4.69, 9.17) is 0 Å². The van der Waals surface area contributed by atoms with Gasteiger partial charge in [-0.2, -0.15) is 6.08 Å². The average molecular weight is 296 g/mol. The summed E-state index contributed by atoms with van der Waals surface area (Å²) in [5.41, 5.74) is 0. The van der Waals surface area contributed by atoms with E-state index in [1.165, 1.54) is 0 Å². The SMILES string of the molecule is C[Si](C)C.Cl.Cl.Cl.[C-]1=CC=CC1.[Ti]. The van der Waals surface area contributed by atoms with E-state index in [1.807, 2.05) is 12.2 Å². The van der Waals surface area contributed by atoms with E-state index in [1.54, 1.807) is 0 Å². The van der Waals surface area contributed by atoms with E-state index in [9.17, 15) is 0 Å². The maximum atomic E-state index is 2.99. The largest absolute Gasteiger partial charge is 0.273 e. The molecule has 0 atom stereocenters.